The van der Waals surface area contributed by atoms with Crippen molar-refractivity contribution in [3.8, 4) is 0 Å². The van der Waals surface area contributed by atoms with Gasteiger partial charge in [-0.25, -0.2) is 0 Å². The van der Waals surface area contributed by atoms with Crippen LogP contribution in [0.3, 0.4) is 0 Å². The minimum absolute atomic E-state index is 0.245. The fourth-order valence-corrected chi connectivity index (χ4v) is 2.57. The molecule has 0 amide bonds. The molecule has 0 aromatic rings. The van der Waals surface area contributed by atoms with Gasteiger partial charge in [0.25, 0.3) is 0 Å². The fraction of sp³-hybridized carbons (Fsp3) is 1.00. The molecular formula is C17H37NO2. The van der Waals surface area contributed by atoms with Gasteiger partial charge in [-0.3, -0.25) is 0 Å². The van der Waals surface area contributed by atoms with Gasteiger partial charge < -0.3 is 15.9 Å². The molecule has 0 aliphatic carbocycles. The molecule has 122 valence electrons. The molecule has 0 fully saturated rings. The summed E-state index contributed by atoms with van der Waals surface area (Å²) in [4.78, 5) is 0. The van der Waals surface area contributed by atoms with Gasteiger partial charge in [0, 0.05) is 13.0 Å². The first-order chi connectivity index (χ1) is 9.70. The van der Waals surface area contributed by atoms with Crippen LogP contribution in [0.25, 0.3) is 0 Å². The highest BCUT2D eigenvalue weighted by molar-refractivity contribution is 4.64. The van der Waals surface area contributed by atoms with E-state index in [1.165, 1.54) is 64.2 Å². The zero-order valence-electron chi connectivity index (χ0n) is 13.5. The van der Waals surface area contributed by atoms with E-state index in [4.69, 9.17) is 5.73 Å². The van der Waals surface area contributed by atoms with Crippen molar-refractivity contribution in [2.24, 2.45) is 5.73 Å². The van der Waals surface area contributed by atoms with Crippen molar-refractivity contribution in [3.05, 3.63) is 0 Å². The molecule has 0 aliphatic rings. The van der Waals surface area contributed by atoms with Gasteiger partial charge in [0.2, 0.25) is 0 Å². The lowest BCUT2D eigenvalue weighted by Gasteiger charge is -2.13. The summed E-state index contributed by atoms with van der Waals surface area (Å²) in [6.45, 7) is 2.50. The van der Waals surface area contributed by atoms with E-state index in [1.54, 1.807) is 0 Å². The highest BCUT2D eigenvalue weighted by atomic mass is 16.3. The molecule has 0 unspecified atom stereocenters. The van der Waals surface area contributed by atoms with Gasteiger partial charge in [-0.1, -0.05) is 77.6 Å². The second-order valence-electron chi connectivity index (χ2n) is 6.10. The Balaban J connectivity index is 3.12. The quantitative estimate of drug-likeness (QED) is 0.402. The monoisotopic (exact) mass is 287 g/mol. The molecule has 0 aromatic heterocycles. The van der Waals surface area contributed by atoms with Crippen LogP contribution in [0.2, 0.25) is 0 Å². The second-order valence-corrected chi connectivity index (χ2v) is 6.10. The first-order valence-corrected chi connectivity index (χ1v) is 8.76. The summed E-state index contributed by atoms with van der Waals surface area (Å²) in [6, 6.07) is 0. The minimum Gasteiger partial charge on any atom is -0.393 e. The van der Waals surface area contributed by atoms with Crippen LogP contribution in [-0.2, 0) is 0 Å². The van der Waals surface area contributed by atoms with Crippen molar-refractivity contribution >= 4 is 0 Å². The molecule has 0 heterocycles. The number of aliphatic hydroxyl groups is 2. The Morgan fingerprint density at radius 1 is 0.700 bits per heavy atom. The van der Waals surface area contributed by atoms with E-state index in [9.17, 15) is 10.2 Å². The summed E-state index contributed by atoms with van der Waals surface area (Å²) in [7, 11) is 0. The van der Waals surface area contributed by atoms with Crippen LogP contribution < -0.4 is 5.73 Å². The maximum atomic E-state index is 9.68. The molecule has 2 atom stereocenters. The lowest BCUT2D eigenvalue weighted by molar-refractivity contribution is 0.0783. The lowest BCUT2D eigenvalue weighted by atomic mass is 10.0. The van der Waals surface area contributed by atoms with E-state index in [0.717, 1.165) is 12.8 Å². The first-order valence-electron chi connectivity index (χ1n) is 8.76. The summed E-state index contributed by atoms with van der Waals surface area (Å²) >= 11 is 0. The molecular weight excluding hydrogens is 250 g/mol. The third kappa shape index (κ3) is 14.3. The Kier molecular flexibility index (Phi) is 15.2. The maximum absolute atomic E-state index is 9.68. The summed E-state index contributed by atoms with van der Waals surface area (Å²) in [6.07, 6.45) is 14.8. The molecule has 20 heavy (non-hydrogen) atoms. The topological polar surface area (TPSA) is 66.5 Å². The highest BCUT2D eigenvalue weighted by Gasteiger charge is 2.09. The van der Waals surface area contributed by atoms with Crippen molar-refractivity contribution in [2.75, 3.05) is 6.54 Å². The van der Waals surface area contributed by atoms with E-state index in [-0.39, 0.29) is 12.6 Å². The molecule has 0 spiro atoms. The molecule has 3 nitrogen and oxygen atoms in total. The Hall–Kier alpha value is -0.120. The van der Waals surface area contributed by atoms with Gasteiger partial charge in [-0.15, -0.1) is 0 Å². The van der Waals surface area contributed by atoms with Crippen molar-refractivity contribution in [3.63, 3.8) is 0 Å². The van der Waals surface area contributed by atoms with Crippen LogP contribution in [0.4, 0.5) is 0 Å². The molecule has 0 radical (unpaired) electrons. The van der Waals surface area contributed by atoms with Crippen LogP contribution in [0.15, 0.2) is 0 Å². The number of nitrogens with two attached hydrogens (primary N) is 1. The number of hydrogen-bond donors (Lipinski definition) is 3. The molecule has 0 aromatic carbocycles. The van der Waals surface area contributed by atoms with Crippen LogP contribution >= 0.6 is 0 Å². The van der Waals surface area contributed by atoms with Crippen molar-refractivity contribution in [1.29, 1.82) is 0 Å². The Bertz CT molecular complexity index is 188. The summed E-state index contributed by atoms with van der Waals surface area (Å²) < 4.78 is 0. The van der Waals surface area contributed by atoms with E-state index < -0.39 is 6.10 Å². The van der Waals surface area contributed by atoms with Gasteiger partial charge in [-0.2, -0.15) is 0 Å². The molecule has 0 bridgehead atoms. The highest BCUT2D eigenvalue weighted by Crippen LogP contribution is 2.13. The van der Waals surface area contributed by atoms with Crippen LogP contribution in [0.5, 0.6) is 0 Å². The van der Waals surface area contributed by atoms with Gasteiger partial charge in [-0.05, 0) is 6.42 Å². The van der Waals surface area contributed by atoms with Crippen LogP contribution in [-0.4, -0.2) is 29.0 Å². The SMILES string of the molecule is CCCCCCCCCCCCC[C@H](O)C[C@@H](O)CN. The average Bonchev–Trinajstić information content (AvgIpc) is 2.44. The Labute approximate surface area is 126 Å². The molecule has 3 heteroatoms. The number of rotatable bonds is 15. The smallest absolute Gasteiger partial charge is 0.0687 e. The summed E-state index contributed by atoms with van der Waals surface area (Å²) in [5.74, 6) is 0. The Morgan fingerprint density at radius 2 is 1.15 bits per heavy atom. The zero-order chi connectivity index (χ0) is 15.1. The van der Waals surface area contributed by atoms with E-state index in [1.807, 2.05) is 0 Å². The van der Waals surface area contributed by atoms with Crippen molar-refractivity contribution < 1.29 is 10.2 Å². The summed E-state index contributed by atoms with van der Waals surface area (Å²) in [5.41, 5.74) is 5.32. The van der Waals surface area contributed by atoms with Crippen molar-refractivity contribution in [1.82, 2.24) is 0 Å². The van der Waals surface area contributed by atoms with Gasteiger partial charge in [0.1, 0.15) is 0 Å². The molecule has 0 saturated heterocycles. The summed E-state index contributed by atoms with van der Waals surface area (Å²) in [5, 5.41) is 19.0. The minimum atomic E-state index is -0.544. The first kappa shape index (κ1) is 19.9. The van der Waals surface area contributed by atoms with Crippen LogP contribution in [0.1, 0.15) is 90.4 Å². The maximum Gasteiger partial charge on any atom is 0.0687 e. The van der Waals surface area contributed by atoms with Gasteiger partial charge in [0.15, 0.2) is 0 Å². The zero-order valence-corrected chi connectivity index (χ0v) is 13.5. The number of aliphatic hydroxyl groups excluding tert-OH is 2. The van der Waals surface area contributed by atoms with Crippen LogP contribution in [0, 0.1) is 0 Å². The predicted octanol–water partition coefficient (Wildman–Crippen LogP) is 3.76. The third-order valence-corrected chi connectivity index (χ3v) is 3.96. The van der Waals surface area contributed by atoms with E-state index >= 15 is 0 Å². The fourth-order valence-electron chi connectivity index (χ4n) is 2.57. The third-order valence-electron chi connectivity index (χ3n) is 3.96. The second kappa shape index (κ2) is 15.3. The van der Waals surface area contributed by atoms with E-state index in [0.29, 0.717) is 6.42 Å². The number of unbranched alkanes of at least 4 members (excludes halogenated alkanes) is 10. The molecule has 4 N–H and O–H groups in total. The normalized spacial score (nSPS) is 14.4. The predicted molar refractivity (Wildman–Crippen MR) is 86.8 cm³/mol. The molecule has 0 aliphatic heterocycles. The lowest BCUT2D eigenvalue weighted by Crippen LogP contribution is -2.25. The van der Waals surface area contributed by atoms with Crippen molar-refractivity contribution in [2.45, 2.75) is 103 Å². The largest absolute Gasteiger partial charge is 0.393 e. The average molecular weight is 287 g/mol. The standard InChI is InChI=1S/C17H37NO2/c1-2-3-4-5-6-7-8-9-10-11-12-13-16(19)14-17(20)15-18/h16-17,19-20H,2-15,18H2,1H3/t16-,17+/m0/s1. The van der Waals surface area contributed by atoms with E-state index in [2.05, 4.69) is 6.92 Å². The molecule has 0 rings (SSSR count). The number of hydrogen-bond acceptors (Lipinski definition) is 3. The van der Waals surface area contributed by atoms with Gasteiger partial charge in [0.05, 0.1) is 12.2 Å². The molecule has 0 saturated carbocycles. The Morgan fingerprint density at radius 3 is 1.60 bits per heavy atom. The van der Waals surface area contributed by atoms with Gasteiger partial charge >= 0.3 is 0 Å².